The molecule has 0 radical (unpaired) electrons. The molecule has 0 fully saturated rings. The van der Waals surface area contributed by atoms with Crippen molar-refractivity contribution in [3.05, 3.63) is 47.0 Å². The summed E-state index contributed by atoms with van der Waals surface area (Å²) in [5.41, 5.74) is 1.26. The van der Waals surface area contributed by atoms with Gasteiger partial charge in [-0.1, -0.05) is 51.3 Å². The normalized spacial score (nSPS) is 11.8. The lowest BCUT2D eigenvalue weighted by molar-refractivity contribution is -0.120. The Bertz CT molecular complexity index is 700. The summed E-state index contributed by atoms with van der Waals surface area (Å²) in [6, 6.07) is 9.00. The summed E-state index contributed by atoms with van der Waals surface area (Å²) in [5.74, 6) is 0.318. The second-order valence-electron chi connectivity index (χ2n) is 6.36. The zero-order chi connectivity index (χ0) is 18.8. The molecule has 0 spiro atoms. The zero-order valence-electron chi connectivity index (χ0n) is 15.5. The van der Waals surface area contributed by atoms with Crippen LogP contribution in [0.25, 0.3) is 0 Å². The number of nitrogens with zero attached hydrogens (tertiary/aromatic N) is 1. The van der Waals surface area contributed by atoms with Crippen molar-refractivity contribution in [1.29, 1.82) is 0 Å². The Kier molecular flexibility index (Phi) is 8.28. The summed E-state index contributed by atoms with van der Waals surface area (Å²) in [7, 11) is 0. The molecule has 0 saturated heterocycles. The van der Waals surface area contributed by atoms with E-state index in [1.807, 2.05) is 23.6 Å². The highest BCUT2D eigenvalue weighted by Crippen LogP contribution is 2.17. The highest BCUT2D eigenvalue weighted by atomic mass is 32.1. The standard InChI is InChI=1S/C20H27N3O2S/c1-3-5-9-15(4-2)13-21-18(24)12-17-14-26-20(22-17)23-19(25)16-10-7-6-8-11-16/h6-8,10-11,14-15H,3-5,9,12-13H2,1-2H3,(H,21,24)(H,22,23,25). The zero-order valence-corrected chi connectivity index (χ0v) is 16.3. The van der Waals surface area contributed by atoms with Crippen molar-refractivity contribution < 1.29 is 9.59 Å². The Morgan fingerprint density at radius 3 is 2.65 bits per heavy atom. The average molecular weight is 374 g/mol. The molecule has 0 aliphatic carbocycles. The molecule has 2 N–H and O–H groups in total. The lowest BCUT2D eigenvalue weighted by Gasteiger charge is -2.14. The predicted octanol–water partition coefficient (Wildman–Crippen LogP) is 4.27. The van der Waals surface area contributed by atoms with Gasteiger partial charge in [0, 0.05) is 17.5 Å². The first-order chi connectivity index (χ1) is 12.6. The lowest BCUT2D eigenvalue weighted by Crippen LogP contribution is -2.30. The molecule has 0 saturated carbocycles. The maximum Gasteiger partial charge on any atom is 0.257 e. The number of hydrogen-bond donors (Lipinski definition) is 2. The van der Waals surface area contributed by atoms with Crippen molar-refractivity contribution in [2.75, 3.05) is 11.9 Å². The van der Waals surface area contributed by atoms with Gasteiger partial charge in [0.15, 0.2) is 5.13 Å². The molecule has 140 valence electrons. The molecule has 0 bridgehead atoms. The third kappa shape index (κ3) is 6.59. The van der Waals surface area contributed by atoms with Gasteiger partial charge in [-0.2, -0.15) is 0 Å². The van der Waals surface area contributed by atoms with Gasteiger partial charge in [0.1, 0.15) is 0 Å². The molecule has 5 nitrogen and oxygen atoms in total. The maximum absolute atomic E-state index is 12.1. The van der Waals surface area contributed by atoms with E-state index in [0.717, 1.165) is 19.4 Å². The molecule has 1 aromatic heterocycles. The Labute approximate surface area is 159 Å². The number of thiazole rings is 1. The minimum atomic E-state index is -0.197. The van der Waals surface area contributed by atoms with E-state index in [1.54, 1.807) is 12.1 Å². The minimum absolute atomic E-state index is 0.0221. The van der Waals surface area contributed by atoms with Crippen molar-refractivity contribution in [2.24, 2.45) is 5.92 Å². The fourth-order valence-electron chi connectivity index (χ4n) is 2.63. The summed E-state index contributed by atoms with van der Waals surface area (Å²) in [5, 5.41) is 8.10. The Morgan fingerprint density at radius 1 is 1.19 bits per heavy atom. The lowest BCUT2D eigenvalue weighted by atomic mass is 9.99. The van der Waals surface area contributed by atoms with Crippen LogP contribution in [0.2, 0.25) is 0 Å². The van der Waals surface area contributed by atoms with E-state index in [-0.39, 0.29) is 18.2 Å². The quantitative estimate of drug-likeness (QED) is 0.653. The molecule has 1 atom stereocenters. The molecule has 1 unspecified atom stereocenters. The van der Waals surface area contributed by atoms with Gasteiger partial charge < -0.3 is 5.32 Å². The van der Waals surface area contributed by atoms with Gasteiger partial charge in [0.05, 0.1) is 12.1 Å². The van der Waals surface area contributed by atoms with Crippen molar-refractivity contribution in [3.8, 4) is 0 Å². The smallest absolute Gasteiger partial charge is 0.257 e. The van der Waals surface area contributed by atoms with E-state index in [1.165, 1.54) is 24.2 Å². The van der Waals surface area contributed by atoms with Crippen LogP contribution >= 0.6 is 11.3 Å². The number of unbranched alkanes of at least 4 members (excludes halogenated alkanes) is 1. The maximum atomic E-state index is 12.1. The van der Waals surface area contributed by atoms with E-state index in [9.17, 15) is 9.59 Å². The van der Waals surface area contributed by atoms with E-state index >= 15 is 0 Å². The molecule has 1 heterocycles. The van der Waals surface area contributed by atoms with Crippen LogP contribution in [0.3, 0.4) is 0 Å². The van der Waals surface area contributed by atoms with Crippen molar-refractivity contribution >= 4 is 28.3 Å². The van der Waals surface area contributed by atoms with Crippen LogP contribution in [-0.2, 0) is 11.2 Å². The van der Waals surface area contributed by atoms with E-state index < -0.39 is 0 Å². The molecule has 2 rings (SSSR count). The number of benzene rings is 1. The third-order valence-electron chi connectivity index (χ3n) is 4.28. The summed E-state index contributed by atoms with van der Waals surface area (Å²) < 4.78 is 0. The van der Waals surface area contributed by atoms with Crippen LogP contribution in [0, 0.1) is 5.92 Å². The van der Waals surface area contributed by atoms with Gasteiger partial charge in [-0.05, 0) is 24.5 Å². The minimum Gasteiger partial charge on any atom is -0.355 e. The van der Waals surface area contributed by atoms with E-state index in [0.29, 0.717) is 22.3 Å². The van der Waals surface area contributed by atoms with Gasteiger partial charge in [-0.15, -0.1) is 11.3 Å². The van der Waals surface area contributed by atoms with Crippen molar-refractivity contribution in [2.45, 2.75) is 46.0 Å². The van der Waals surface area contributed by atoms with Crippen LogP contribution in [-0.4, -0.2) is 23.3 Å². The summed E-state index contributed by atoms with van der Waals surface area (Å²) in [6.07, 6.45) is 4.85. The highest BCUT2D eigenvalue weighted by molar-refractivity contribution is 7.14. The number of anilines is 1. The second kappa shape index (κ2) is 10.7. The monoisotopic (exact) mass is 373 g/mol. The molecule has 26 heavy (non-hydrogen) atoms. The van der Waals surface area contributed by atoms with Gasteiger partial charge >= 0.3 is 0 Å². The number of amides is 2. The molecule has 1 aromatic carbocycles. The Balaban J connectivity index is 1.80. The first kappa shape index (κ1) is 20.1. The molecule has 2 amide bonds. The number of aromatic nitrogens is 1. The van der Waals surface area contributed by atoms with Crippen LogP contribution in [0.1, 0.15) is 55.6 Å². The summed E-state index contributed by atoms with van der Waals surface area (Å²) in [6.45, 7) is 5.06. The van der Waals surface area contributed by atoms with Crippen molar-refractivity contribution in [1.82, 2.24) is 10.3 Å². The number of rotatable bonds is 10. The van der Waals surface area contributed by atoms with Crippen LogP contribution in [0.5, 0.6) is 0 Å². The Morgan fingerprint density at radius 2 is 1.96 bits per heavy atom. The number of hydrogen-bond acceptors (Lipinski definition) is 4. The molecule has 0 aliphatic heterocycles. The van der Waals surface area contributed by atoms with E-state index in [2.05, 4.69) is 29.5 Å². The summed E-state index contributed by atoms with van der Waals surface area (Å²) >= 11 is 1.33. The molecule has 6 heteroatoms. The molecular weight excluding hydrogens is 346 g/mol. The SMILES string of the molecule is CCCCC(CC)CNC(=O)Cc1csc(NC(=O)c2ccccc2)n1. The van der Waals surface area contributed by atoms with Gasteiger partial charge in [0.2, 0.25) is 5.91 Å². The fraction of sp³-hybridized carbons (Fsp3) is 0.450. The Hall–Kier alpha value is -2.21. The fourth-order valence-corrected chi connectivity index (χ4v) is 3.34. The van der Waals surface area contributed by atoms with Crippen LogP contribution in [0.4, 0.5) is 5.13 Å². The van der Waals surface area contributed by atoms with Gasteiger partial charge in [0.25, 0.3) is 5.91 Å². The van der Waals surface area contributed by atoms with Crippen LogP contribution in [0.15, 0.2) is 35.7 Å². The first-order valence-corrected chi connectivity index (χ1v) is 10.1. The van der Waals surface area contributed by atoms with Crippen LogP contribution < -0.4 is 10.6 Å². The number of carbonyl (C=O) groups is 2. The largest absolute Gasteiger partial charge is 0.355 e. The molecule has 0 aliphatic rings. The second-order valence-corrected chi connectivity index (χ2v) is 7.22. The molecular formula is C20H27N3O2S. The topological polar surface area (TPSA) is 71.1 Å². The average Bonchev–Trinajstić information content (AvgIpc) is 3.09. The first-order valence-electron chi connectivity index (χ1n) is 9.19. The van der Waals surface area contributed by atoms with E-state index in [4.69, 9.17) is 0 Å². The highest BCUT2D eigenvalue weighted by Gasteiger charge is 2.12. The van der Waals surface area contributed by atoms with Gasteiger partial charge in [-0.3, -0.25) is 14.9 Å². The number of nitrogens with one attached hydrogen (secondary N) is 2. The summed E-state index contributed by atoms with van der Waals surface area (Å²) in [4.78, 5) is 28.6. The number of carbonyl (C=O) groups excluding carboxylic acids is 2. The van der Waals surface area contributed by atoms with Crippen molar-refractivity contribution in [3.63, 3.8) is 0 Å². The predicted molar refractivity (Wildman–Crippen MR) is 107 cm³/mol. The third-order valence-corrected chi connectivity index (χ3v) is 5.09. The van der Waals surface area contributed by atoms with Gasteiger partial charge in [-0.25, -0.2) is 4.98 Å². The molecule has 2 aromatic rings.